The summed E-state index contributed by atoms with van der Waals surface area (Å²) in [5.74, 6) is -0.287. The van der Waals surface area contributed by atoms with Crippen LogP contribution in [0.3, 0.4) is 0 Å². The van der Waals surface area contributed by atoms with E-state index < -0.39 is 11.8 Å². The van der Waals surface area contributed by atoms with Crippen LogP contribution in [-0.2, 0) is 24.4 Å². The fraction of sp³-hybridized carbons (Fsp3) is 0.158. The van der Waals surface area contributed by atoms with Crippen molar-refractivity contribution in [2.45, 2.75) is 19.6 Å². The lowest BCUT2D eigenvalue weighted by Crippen LogP contribution is -2.23. The number of carbonyl (C=O) groups is 2. The Morgan fingerprint density at radius 3 is 2.61 bits per heavy atom. The molecule has 0 fully saturated rings. The van der Waals surface area contributed by atoms with Gasteiger partial charge in [-0.25, -0.2) is 0 Å². The first-order chi connectivity index (χ1) is 13.5. The van der Waals surface area contributed by atoms with Crippen molar-refractivity contribution in [3.8, 4) is 5.75 Å². The van der Waals surface area contributed by atoms with Crippen LogP contribution in [0.15, 0.2) is 53.1 Å². The van der Waals surface area contributed by atoms with Gasteiger partial charge in [-0.15, -0.1) is 0 Å². The van der Waals surface area contributed by atoms with Crippen molar-refractivity contribution in [2.24, 2.45) is 5.73 Å². The van der Waals surface area contributed by atoms with Crippen LogP contribution in [-0.4, -0.2) is 22.0 Å². The molecule has 3 N–H and O–H groups in total. The van der Waals surface area contributed by atoms with Gasteiger partial charge < -0.3 is 20.3 Å². The summed E-state index contributed by atoms with van der Waals surface area (Å²) in [5, 5.41) is 6.95. The first kappa shape index (κ1) is 19.4. The van der Waals surface area contributed by atoms with E-state index in [4.69, 9.17) is 26.6 Å². The second-order valence-corrected chi connectivity index (χ2v) is 6.27. The molecular weight excluding hydrogens is 384 g/mol. The number of nitrogens with two attached hydrogens (primary N) is 1. The van der Waals surface area contributed by atoms with E-state index in [1.54, 1.807) is 30.3 Å². The topological polar surface area (TPSA) is 120 Å². The van der Waals surface area contributed by atoms with Crippen molar-refractivity contribution in [3.05, 3.63) is 76.4 Å². The molecule has 1 aromatic heterocycles. The first-order valence-corrected chi connectivity index (χ1v) is 8.73. The van der Waals surface area contributed by atoms with Gasteiger partial charge in [0, 0.05) is 11.6 Å². The molecule has 0 aliphatic heterocycles. The molecule has 3 aromatic rings. The third-order valence-electron chi connectivity index (χ3n) is 3.73. The van der Waals surface area contributed by atoms with Crippen molar-refractivity contribution in [1.29, 1.82) is 0 Å². The highest BCUT2D eigenvalue weighted by Gasteiger charge is 2.15. The Hall–Kier alpha value is -3.39. The number of halogens is 1. The first-order valence-electron chi connectivity index (χ1n) is 8.35. The predicted molar refractivity (Wildman–Crippen MR) is 101 cm³/mol. The summed E-state index contributed by atoms with van der Waals surface area (Å²) in [6.45, 7) is 0.265. The highest BCUT2D eigenvalue weighted by molar-refractivity contribution is 6.31. The van der Waals surface area contributed by atoms with E-state index in [9.17, 15) is 9.59 Å². The van der Waals surface area contributed by atoms with Crippen LogP contribution in [0.25, 0.3) is 0 Å². The minimum atomic E-state index is -0.505. The number of primary amides is 1. The predicted octanol–water partition coefficient (Wildman–Crippen LogP) is 2.26. The van der Waals surface area contributed by atoms with Gasteiger partial charge in [-0.05, 0) is 29.3 Å². The summed E-state index contributed by atoms with van der Waals surface area (Å²) in [5.41, 5.74) is 6.72. The maximum atomic E-state index is 12.1. The number of nitrogens with one attached hydrogen (secondary N) is 1. The fourth-order valence-electron chi connectivity index (χ4n) is 2.35. The average molecular weight is 401 g/mol. The summed E-state index contributed by atoms with van der Waals surface area (Å²) < 4.78 is 10.5. The van der Waals surface area contributed by atoms with E-state index >= 15 is 0 Å². The number of hydrogen-bond donors (Lipinski definition) is 2. The average Bonchev–Trinajstić information content (AvgIpc) is 3.15. The number of carbonyl (C=O) groups excluding carboxylic acids is 2. The molecular formula is C19H17ClN4O4. The molecule has 3 rings (SSSR count). The molecule has 0 saturated carbocycles. The van der Waals surface area contributed by atoms with Gasteiger partial charge in [-0.2, -0.15) is 4.98 Å². The largest absolute Gasteiger partial charge is 0.485 e. The maximum Gasteiger partial charge on any atom is 0.316 e. The minimum Gasteiger partial charge on any atom is -0.485 e. The molecule has 28 heavy (non-hydrogen) atoms. The standard InChI is InChI=1S/C19H17ClN4O4/c20-15-4-2-1-3-13(15)10-22-18(26)19-23-17(24-28-19)11-27-14-7-5-12(6-8-14)9-16(21)25/h1-8H,9-11H2,(H2,21,25)(H,22,26). The van der Waals surface area contributed by atoms with Gasteiger partial charge in [-0.3, -0.25) is 9.59 Å². The SMILES string of the molecule is NC(=O)Cc1ccc(OCc2noc(C(=O)NCc3ccccc3Cl)n2)cc1. The van der Waals surface area contributed by atoms with Crippen molar-refractivity contribution in [3.63, 3.8) is 0 Å². The van der Waals surface area contributed by atoms with Crippen LogP contribution in [0.1, 0.15) is 27.6 Å². The molecule has 8 nitrogen and oxygen atoms in total. The Kier molecular flexibility index (Phi) is 6.23. The van der Waals surface area contributed by atoms with Crippen molar-refractivity contribution in [2.75, 3.05) is 0 Å². The lowest BCUT2D eigenvalue weighted by molar-refractivity contribution is -0.117. The van der Waals surface area contributed by atoms with Gasteiger partial charge in [0.25, 0.3) is 0 Å². The third-order valence-corrected chi connectivity index (χ3v) is 4.10. The Balaban J connectivity index is 1.51. The van der Waals surface area contributed by atoms with Gasteiger partial charge in [0.1, 0.15) is 5.75 Å². The minimum absolute atomic E-state index is 0.0243. The van der Waals surface area contributed by atoms with E-state index in [0.29, 0.717) is 10.8 Å². The second-order valence-electron chi connectivity index (χ2n) is 5.87. The number of amides is 2. The van der Waals surface area contributed by atoms with Gasteiger partial charge in [-0.1, -0.05) is 47.1 Å². The summed E-state index contributed by atoms with van der Waals surface area (Å²) in [6, 6.07) is 14.1. The van der Waals surface area contributed by atoms with Crippen LogP contribution in [0.4, 0.5) is 0 Å². The number of aromatic nitrogens is 2. The van der Waals surface area contributed by atoms with Crippen molar-refractivity contribution >= 4 is 23.4 Å². The van der Waals surface area contributed by atoms with E-state index in [1.807, 2.05) is 18.2 Å². The van der Waals surface area contributed by atoms with Gasteiger partial charge in [0.05, 0.1) is 6.42 Å². The summed E-state index contributed by atoms with van der Waals surface area (Å²) in [7, 11) is 0. The van der Waals surface area contributed by atoms with Crippen LogP contribution in [0, 0.1) is 0 Å². The van der Waals surface area contributed by atoms with E-state index in [0.717, 1.165) is 11.1 Å². The van der Waals surface area contributed by atoms with Gasteiger partial charge >= 0.3 is 11.8 Å². The van der Waals surface area contributed by atoms with E-state index in [-0.39, 0.29) is 31.3 Å². The third kappa shape index (κ3) is 5.31. The zero-order chi connectivity index (χ0) is 19.9. The monoisotopic (exact) mass is 400 g/mol. The highest BCUT2D eigenvalue weighted by atomic mass is 35.5. The molecule has 2 amide bonds. The van der Waals surface area contributed by atoms with E-state index in [1.165, 1.54) is 0 Å². The Bertz CT molecular complexity index is 972. The molecule has 0 unspecified atom stereocenters. The summed E-state index contributed by atoms with van der Waals surface area (Å²) in [4.78, 5) is 27.0. The Morgan fingerprint density at radius 2 is 1.89 bits per heavy atom. The summed E-state index contributed by atoms with van der Waals surface area (Å²) >= 11 is 6.05. The molecule has 0 aliphatic rings. The number of benzene rings is 2. The molecule has 0 saturated heterocycles. The molecule has 2 aromatic carbocycles. The van der Waals surface area contributed by atoms with Crippen LogP contribution < -0.4 is 15.8 Å². The van der Waals surface area contributed by atoms with E-state index in [2.05, 4.69) is 15.5 Å². The van der Waals surface area contributed by atoms with Crippen LogP contribution in [0.2, 0.25) is 5.02 Å². The van der Waals surface area contributed by atoms with Gasteiger partial charge in [0.15, 0.2) is 6.61 Å². The molecule has 0 aliphatic carbocycles. The Morgan fingerprint density at radius 1 is 1.14 bits per heavy atom. The Labute approximate surface area is 165 Å². The molecule has 1 heterocycles. The zero-order valence-electron chi connectivity index (χ0n) is 14.7. The number of hydrogen-bond acceptors (Lipinski definition) is 6. The maximum absolute atomic E-state index is 12.1. The molecule has 9 heteroatoms. The number of nitrogens with zero attached hydrogens (tertiary/aromatic N) is 2. The smallest absolute Gasteiger partial charge is 0.316 e. The molecule has 0 atom stereocenters. The lowest BCUT2D eigenvalue weighted by atomic mass is 10.1. The van der Waals surface area contributed by atoms with Crippen molar-refractivity contribution < 1.29 is 18.8 Å². The quantitative estimate of drug-likeness (QED) is 0.598. The molecule has 0 spiro atoms. The van der Waals surface area contributed by atoms with Crippen LogP contribution >= 0.6 is 11.6 Å². The molecule has 0 radical (unpaired) electrons. The number of rotatable bonds is 8. The zero-order valence-corrected chi connectivity index (χ0v) is 15.5. The summed E-state index contributed by atoms with van der Waals surface area (Å²) in [6.07, 6.45) is 0.164. The highest BCUT2D eigenvalue weighted by Crippen LogP contribution is 2.15. The van der Waals surface area contributed by atoms with Gasteiger partial charge in [0.2, 0.25) is 11.7 Å². The van der Waals surface area contributed by atoms with Crippen LogP contribution in [0.5, 0.6) is 5.75 Å². The second kappa shape index (κ2) is 9.01. The fourth-order valence-corrected chi connectivity index (χ4v) is 2.55. The van der Waals surface area contributed by atoms with Crippen molar-refractivity contribution in [1.82, 2.24) is 15.5 Å². The normalized spacial score (nSPS) is 10.5. The molecule has 0 bridgehead atoms. The molecule has 144 valence electrons. The lowest BCUT2D eigenvalue weighted by Gasteiger charge is -2.04. The number of ether oxygens (including phenoxy) is 1.